The smallest absolute Gasteiger partial charge is 0.217 e. The molecule has 1 rings (SSSR count). The molecular weight excluding hydrogens is 254 g/mol. The zero-order valence-electron chi connectivity index (χ0n) is 11.4. The van der Waals surface area contributed by atoms with Crippen LogP contribution in [0.5, 0.6) is 0 Å². The van der Waals surface area contributed by atoms with Crippen molar-refractivity contribution in [3.63, 3.8) is 0 Å². The number of hydrogen-bond acceptors (Lipinski definition) is 6. The maximum absolute atomic E-state index is 11.2. The van der Waals surface area contributed by atoms with E-state index in [1.54, 1.807) is 0 Å². The molecule has 0 aromatic rings. The topological polar surface area (TPSA) is 108 Å². The van der Waals surface area contributed by atoms with E-state index in [1.807, 2.05) is 13.8 Å². The Bertz CT molecular complexity index is 300. The Morgan fingerprint density at radius 1 is 1.42 bits per heavy atom. The standard InChI is InChI=1S/C12H23NO6/c1-4-6(2)18-12-9(13-7(3)15)11(17)10(16)8(5-14)19-12/h6,8-12,14,16-17H,4-5H2,1-3H3,(H,13,15)/t6-,8?,9?,10?,11?,12?/m0/s1. The molecule has 0 aromatic heterocycles. The van der Waals surface area contributed by atoms with E-state index in [4.69, 9.17) is 14.6 Å². The van der Waals surface area contributed by atoms with Gasteiger partial charge in [-0.2, -0.15) is 0 Å². The quantitative estimate of drug-likeness (QED) is 0.500. The van der Waals surface area contributed by atoms with E-state index >= 15 is 0 Å². The van der Waals surface area contributed by atoms with Crippen molar-refractivity contribution in [2.24, 2.45) is 0 Å². The van der Waals surface area contributed by atoms with Crippen LogP contribution in [0.2, 0.25) is 0 Å². The van der Waals surface area contributed by atoms with Crippen molar-refractivity contribution in [3.8, 4) is 0 Å². The van der Waals surface area contributed by atoms with Gasteiger partial charge in [0.2, 0.25) is 5.91 Å². The van der Waals surface area contributed by atoms with E-state index in [1.165, 1.54) is 6.92 Å². The first kappa shape index (κ1) is 16.3. The van der Waals surface area contributed by atoms with Crippen LogP contribution in [0.1, 0.15) is 27.2 Å². The number of hydrogen-bond donors (Lipinski definition) is 4. The summed E-state index contributed by atoms with van der Waals surface area (Å²) in [6.45, 7) is 4.62. The number of nitrogens with one attached hydrogen (secondary N) is 1. The van der Waals surface area contributed by atoms with Crippen LogP contribution in [-0.4, -0.2) is 64.6 Å². The molecule has 0 radical (unpaired) electrons. The Hall–Kier alpha value is -0.730. The summed E-state index contributed by atoms with van der Waals surface area (Å²) in [6, 6.07) is -0.871. The van der Waals surface area contributed by atoms with Crippen LogP contribution in [0.15, 0.2) is 0 Å². The van der Waals surface area contributed by atoms with Gasteiger partial charge in [0.1, 0.15) is 24.4 Å². The molecule has 1 fully saturated rings. The summed E-state index contributed by atoms with van der Waals surface area (Å²) in [5.41, 5.74) is 0. The van der Waals surface area contributed by atoms with Crippen molar-refractivity contribution in [1.29, 1.82) is 0 Å². The summed E-state index contributed by atoms with van der Waals surface area (Å²) in [5.74, 6) is -0.361. The van der Waals surface area contributed by atoms with Crippen molar-refractivity contribution in [2.75, 3.05) is 6.61 Å². The lowest BCUT2D eigenvalue weighted by atomic mass is 9.97. The lowest BCUT2D eigenvalue weighted by Gasteiger charge is -2.42. The van der Waals surface area contributed by atoms with Crippen molar-refractivity contribution in [3.05, 3.63) is 0 Å². The number of rotatable bonds is 5. The molecule has 7 heteroatoms. The molecule has 1 aliphatic rings. The molecule has 6 atom stereocenters. The van der Waals surface area contributed by atoms with Crippen LogP contribution in [0.3, 0.4) is 0 Å². The molecule has 1 aliphatic heterocycles. The molecule has 0 aliphatic carbocycles. The zero-order valence-corrected chi connectivity index (χ0v) is 11.4. The van der Waals surface area contributed by atoms with E-state index in [0.717, 1.165) is 6.42 Å². The second-order valence-corrected chi connectivity index (χ2v) is 4.79. The Balaban J connectivity index is 2.83. The molecule has 1 heterocycles. The maximum atomic E-state index is 11.2. The third kappa shape index (κ3) is 4.12. The van der Waals surface area contributed by atoms with Crippen molar-refractivity contribution in [2.45, 2.75) is 63.9 Å². The van der Waals surface area contributed by atoms with E-state index in [9.17, 15) is 15.0 Å². The molecule has 0 saturated carbocycles. The minimum Gasteiger partial charge on any atom is -0.394 e. The van der Waals surface area contributed by atoms with E-state index < -0.39 is 37.3 Å². The van der Waals surface area contributed by atoms with Gasteiger partial charge in [-0.25, -0.2) is 0 Å². The molecule has 5 unspecified atom stereocenters. The molecule has 112 valence electrons. The van der Waals surface area contributed by atoms with Gasteiger partial charge >= 0.3 is 0 Å². The highest BCUT2D eigenvalue weighted by Gasteiger charge is 2.45. The summed E-state index contributed by atoms with van der Waals surface area (Å²) < 4.78 is 11.0. The van der Waals surface area contributed by atoms with Gasteiger partial charge in [0, 0.05) is 6.92 Å². The molecular formula is C12H23NO6. The number of carbonyl (C=O) groups excluding carboxylic acids is 1. The first-order chi connectivity index (χ1) is 8.90. The number of carbonyl (C=O) groups is 1. The van der Waals surface area contributed by atoms with Gasteiger partial charge in [0.05, 0.1) is 12.7 Å². The summed E-state index contributed by atoms with van der Waals surface area (Å²) >= 11 is 0. The number of aliphatic hydroxyl groups excluding tert-OH is 3. The summed E-state index contributed by atoms with van der Waals surface area (Å²) in [5, 5.41) is 31.4. The van der Waals surface area contributed by atoms with Crippen molar-refractivity contribution >= 4 is 5.91 Å². The fraction of sp³-hybridized carbons (Fsp3) is 0.917. The van der Waals surface area contributed by atoms with E-state index in [0.29, 0.717) is 0 Å². The van der Waals surface area contributed by atoms with Crippen LogP contribution in [-0.2, 0) is 14.3 Å². The van der Waals surface area contributed by atoms with Gasteiger partial charge < -0.3 is 30.1 Å². The largest absolute Gasteiger partial charge is 0.394 e. The van der Waals surface area contributed by atoms with Crippen LogP contribution >= 0.6 is 0 Å². The lowest BCUT2D eigenvalue weighted by Crippen LogP contribution is -2.64. The Kier molecular flexibility index (Phi) is 6.15. The molecule has 4 N–H and O–H groups in total. The van der Waals surface area contributed by atoms with Crippen molar-refractivity contribution < 1.29 is 29.6 Å². The number of aliphatic hydroxyl groups is 3. The van der Waals surface area contributed by atoms with Crippen LogP contribution in [0, 0.1) is 0 Å². The Morgan fingerprint density at radius 3 is 2.53 bits per heavy atom. The third-order valence-corrected chi connectivity index (χ3v) is 3.19. The monoisotopic (exact) mass is 277 g/mol. The van der Waals surface area contributed by atoms with Gasteiger partial charge in [-0.1, -0.05) is 6.92 Å². The Labute approximate surface area is 112 Å². The molecule has 7 nitrogen and oxygen atoms in total. The van der Waals surface area contributed by atoms with Gasteiger partial charge in [-0.15, -0.1) is 0 Å². The fourth-order valence-electron chi connectivity index (χ4n) is 1.91. The zero-order chi connectivity index (χ0) is 14.6. The molecule has 0 spiro atoms. The average molecular weight is 277 g/mol. The average Bonchev–Trinajstić information content (AvgIpc) is 2.37. The first-order valence-corrected chi connectivity index (χ1v) is 6.45. The van der Waals surface area contributed by atoms with Crippen LogP contribution in [0.25, 0.3) is 0 Å². The maximum Gasteiger partial charge on any atom is 0.217 e. The van der Waals surface area contributed by atoms with E-state index in [2.05, 4.69) is 5.32 Å². The lowest BCUT2D eigenvalue weighted by molar-refractivity contribution is -0.280. The molecule has 19 heavy (non-hydrogen) atoms. The summed E-state index contributed by atoms with van der Waals surface area (Å²) in [6.07, 6.45) is -3.79. The van der Waals surface area contributed by atoms with Crippen LogP contribution < -0.4 is 5.32 Å². The van der Waals surface area contributed by atoms with Gasteiger partial charge in [0.15, 0.2) is 6.29 Å². The molecule has 0 bridgehead atoms. The van der Waals surface area contributed by atoms with Gasteiger partial charge in [-0.05, 0) is 13.3 Å². The second kappa shape index (κ2) is 7.16. The highest BCUT2D eigenvalue weighted by atomic mass is 16.7. The normalized spacial score (nSPS) is 36.8. The predicted octanol–water partition coefficient (Wildman–Crippen LogP) is -1.25. The first-order valence-electron chi connectivity index (χ1n) is 6.45. The Morgan fingerprint density at radius 2 is 2.05 bits per heavy atom. The van der Waals surface area contributed by atoms with Gasteiger partial charge in [0.25, 0.3) is 0 Å². The SMILES string of the molecule is CC[C@H](C)OC1OC(CO)C(O)C(O)C1NC(C)=O. The summed E-state index contributed by atoms with van der Waals surface area (Å²) in [4.78, 5) is 11.2. The number of ether oxygens (including phenoxy) is 2. The highest BCUT2D eigenvalue weighted by molar-refractivity contribution is 5.73. The van der Waals surface area contributed by atoms with Gasteiger partial charge in [-0.3, -0.25) is 4.79 Å². The predicted molar refractivity (Wildman–Crippen MR) is 66.2 cm³/mol. The molecule has 0 aromatic carbocycles. The highest BCUT2D eigenvalue weighted by Crippen LogP contribution is 2.23. The molecule has 1 saturated heterocycles. The number of amides is 1. The molecule has 1 amide bonds. The van der Waals surface area contributed by atoms with Crippen LogP contribution in [0.4, 0.5) is 0 Å². The third-order valence-electron chi connectivity index (χ3n) is 3.19. The van der Waals surface area contributed by atoms with E-state index in [-0.39, 0.29) is 12.0 Å². The minimum atomic E-state index is -1.28. The fourth-order valence-corrected chi connectivity index (χ4v) is 1.91. The van der Waals surface area contributed by atoms with Crippen molar-refractivity contribution in [1.82, 2.24) is 5.32 Å². The summed E-state index contributed by atoms with van der Waals surface area (Å²) in [7, 11) is 0. The second-order valence-electron chi connectivity index (χ2n) is 4.79. The minimum absolute atomic E-state index is 0.136.